The normalized spacial score (nSPS) is 10.2. The predicted octanol–water partition coefficient (Wildman–Crippen LogP) is 4.07. The Balaban J connectivity index is 1.41. The fourth-order valence-electron chi connectivity index (χ4n) is 2.47. The number of aromatic nitrogens is 1. The van der Waals surface area contributed by atoms with E-state index in [4.69, 9.17) is 4.74 Å². The Morgan fingerprint density at radius 1 is 0.931 bits per heavy atom. The van der Waals surface area contributed by atoms with Gasteiger partial charge in [-0.05, 0) is 35.9 Å². The number of pyridine rings is 1. The highest BCUT2D eigenvalue weighted by Crippen LogP contribution is 2.21. The molecular weight excluding hydrogens is 434 g/mol. The lowest BCUT2D eigenvalue weighted by Crippen LogP contribution is -2.30. The van der Waals surface area contributed by atoms with Crippen LogP contribution in [-0.4, -0.2) is 23.3 Å². The molecule has 0 radical (unpaired) electrons. The van der Waals surface area contributed by atoms with E-state index in [9.17, 15) is 9.59 Å². The zero-order valence-corrected chi connectivity index (χ0v) is 17.2. The highest BCUT2D eigenvalue weighted by Gasteiger charge is 2.08. The summed E-state index contributed by atoms with van der Waals surface area (Å²) >= 11 is 3.36. The molecule has 0 unspecified atom stereocenters. The van der Waals surface area contributed by atoms with Crippen molar-refractivity contribution in [2.45, 2.75) is 13.0 Å². The Morgan fingerprint density at radius 3 is 2.38 bits per heavy atom. The van der Waals surface area contributed by atoms with Crippen molar-refractivity contribution in [3.05, 3.63) is 88.5 Å². The Morgan fingerprint density at radius 2 is 1.69 bits per heavy atom. The summed E-state index contributed by atoms with van der Waals surface area (Å²) in [7, 11) is 0. The molecule has 0 saturated heterocycles. The van der Waals surface area contributed by atoms with Crippen LogP contribution in [0.1, 0.15) is 22.3 Å². The molecule has 6 nitrogen and oxygen atoms in total. The van der Waals surface area contributed by atoms with E-state index in [1.807, 2.05) is 54.6 Å². The molecule has 1 aromatic heterocycles. The van der Waals surface area contributed by atoms with E-state index in [2.05, 4.69) is 31.5 Å². The Hall–Kier alpha value is -3.19. The zero-order valence-electron chi connectivity index (χ0n) is 15.6. The minimum atomic E-state index is -0.288. The van der Waals surface area contributed by atoms with E-state index in [1.54, 1.807) is 12.1 Å². The number of halogens is 1. The quantitative estimate of drug-likeness (QED) is 0.538. The summed E-state index contributed by atoms with van der Waals surface area (Å²) in [6.45, 7) is 0.716. The van der Waals surface area contributed by atoms with E-state index in [1.165, 1.54) is 6.20 Å². The minimum absolute atomic E-state index is 0.120. The Labute approximate surface area is 177 Å². The number of rotatable bonds is 8. The molecule has 3 rings (SSSR count). The van der Waals surface area contributed by atoms with Gasteiger partial charge in [-0.15, -0.1) is 0 Å². The van der Waals surface area contributed by atoms with E-state index in [0.29, 0.717) is 23.7 Å². The number of amides is 2. The molecule has 7 heteroatoms. The molecule has 2 amide bonds. The maximum atomic E-state index is 12.2. The summed E-state index contributed by atoms with van der Waals surface area (Å²) in [5.41, 5.74) is 1.43. The summed E-state index contributed by atoms with van der Waals surface area (Å²) in [6, 6.07) is 20.3. The van der Waals surface area contributed by atoms with Gasteiger partial charge in [0.1, 0.15) is 5.75 Å². The maximum Gasteiger partial charge on any atom is 0.252 e. The predicted molar refractivity (Wildman–Crippen MR) is 114 cm³/mol. The molecule has 0 aliphatic rings. The molecule has 2 N–H and O–H groups in total. The maximum absolute atomic E-state index is 12.2. The van der Waals surface area contributed by atoms with Gasteiger partial charge in [0, 0.05) is 36.2 Å². The lowest BCUT2D eigenvalue weighted by Gasteiger charge is -2.08. The number of carbonyl (C=O) groups excluding carboxylic acids is 2. The van der Waals surface area contributed by atoms with Crippen molar-refractivity contribution >= 4 is 27.7 Å². The molecule has 0 saturated carbocycles. The van der Waals surface area contributed by atoms with Gasteiger partial charge in [-0.3, -0.25) is 9.59 Å². The lowest BCUT2D eigenvalue weighted by molar-refractivity contribution is -0.121. The van der Waals surface area contributed by atoms with E-state index < -0.39 is 0 Å². The average molecular weight is 454 g/mol. The van der Waals surface area contributed by atoms with Gasteiger partial charge in [0.05, 0.1) is 5.56 Å². The first-order valence-electron chi connectivity index (χ1n) is 9.08. The van der Waals surface area contributed by atoms with Crippen molar-refractivity contribution in [2.24, 2.45) is 0 Å². The molecular formula is C22H20BrN3O3. The molecule has 3 aromatic rings. The fourth-order valence-corrected chi connectivity index (χ4v) is 2.74. The third kappa shape index (κ3) is 6.73. The third-order valence-corrected chi connectivity index (χ3v) is 4.53. The lowest BCUT2D eigenvalue weighted by atomic mass is 10.2. The molecule has 0 aliphatic heterocycles. The number of nitrogens with one attached hydrogen (secondary N) is 2. The van der Waals surface area contributed by atoms with Crippen molar-refractivity contribution in [1.29, 1.82) is 0 Å². The number of carbonyl (C=O) groups is 2. The molecule has 1 heterocycles. The van der Waals surface area contributed by atoms with Gasteiger partial charge in [0.2, 0.25) is 11.8 Å². The second-order valence-electron chi connectivity index (χ2n) is 6.21. The van der Waals surface area contributed by atoms with Crippen molar-refractivity contribution in [3.8, 4) is 11.6 Å². The molecule has 148 valence electrons. The number of nitrogens with zero attached hydrogens (tertiary/aromatic N) is 1. The van der Waals surface area contributed by atoms with Crippen LogP contribution in [0.15, 0.2) is 77.4 Å². The van der Waals surface area contributed by atoms with Crippen LogP contribution in [0, 0.1) is 0 Å². The largest absolute Gasteiger partial charge is 0.439 e. The monoisotopic (exact) mass is 453 g/mol. The third-order valence-electron chi connectivity index (χ3n) is 4.00. The SMILES string of the molecule is O=C(CCNC(=O)c1ccc(Oc2ccc(Br)cc2)nc1)NCc1ccccc1. The van der Waals surface area contributed by atoms with E-state index in [0.717, 1.165) is 10.0 Å². The molecule has 0 fully saturated rings. The molecule has 0 aliphatic carbocycles. The van der Waals surface area contributed by atoms with Gasteiger partial charge in [0.25, 0.3) is 5.91 Å². The zero-order chi connectivity index (χ0) is 20.5. The van der Waals surface area contributed by atoms with Crippen molar-refractivity contribution in [2.75, 3.05) is 6.54 Å². The van der Waals surface area contributed by atoms with E-state index in [-0.39, 0.29) is 24.8 Å². The minimum Gasteiger partial charge on any atom is -0.439 e. The highest BCUT2D eigenvalue weighted by molar-refractivity contribution is 9.10. The highest BCUT2D eigenvalue weighted by atomic mass is 79.9. The second-order valence-corrected chi connectivity index (χ2v) is 7.12. The molecule has 0 bridgehead atoms. The summed E-state index contributed by atoms with van der Waals surface area (Å²) in [5.74, 6) is 0.637. The standard InChI is InChI=1S/C22H20BrN3O3/c23-18-7-9-19(10-8-18)29-21-11-6-17(15-26-21)22(28)24-13-12-20(27)25-14-16-4-2-1-3-5-16/h1-11,15H,12-14H2,(H,24,28)(H,25,27). The summed E-state index contributed by atoms with van der Waals surface area (Å²) in [5, 5.41) is 5.54. The average Bonchev–Trinajstić information content (AvgIpc) is 2.75. The van der Waals surface area contributed by atoms with Gasteiger partial charge in [-0.25, -0.2) is 4.98 Å². The van der Waals surface area contributed by atoms with Crippen LogP contribution in [0.3, 0.4) is 0 Å². The molecule has 0 spiro atoms. The number of hydrogen-bond acceptors (Lipinski definition) is 4. The fraction of sp³-hybridized carbons (Fsp3) is 0.136. The molecule has 0 atom stereocenters. The smallest absolute Gasteiger partial charge is 0.252 e. The Bertz CT molecular complexity index is 945. The summed E-state index contributed by atoms with van der Waals surface area (Å²) < 4.78 is 6.58. The first-order valence-corrected chi connectivity index (χ1v) is 9.88. The van der Waals surface area contributed by atoms with Crippen LogP contribution >= 0.6 is 15.9 Å². The Kier molecular flexibility index (Phi) is 7.35. The van der Waals surface area contributed by atoms with Crippen LogP contribution in [0.2, 0.25) is 0 Å². The molecule has 29 heavy (non-hydrogen) atoms. The van der Waals surface area contributed by atoms with Crippen LogP contribution < -0.4 is 15.4 Å². The number of hydrogen-bond donors (Lipinski definition) is 2. The number of benzene rings is 2. The van der Waals surface area contributed by atoms with Crippen molar-refractivity contribution in [3.63, 3.8) is 0 Å². The second kappa shape index (κ2) is 10.4. The van der Waals surface area contributed by atoms with Crippen LogP contribution in [0.4, 0.5) is 0 Å². The summed E-state index contributed by atoms with van der Waals surface area (Å²) in [4.78, 5) is 28.2. The first-order chi connectivity index (χ1) is 14.1. The molecule has 2 aromatic carbocycles. The summed E-state index contributed by atoms with van der Waals surface area (Å²) in [6.07, 6.45) is 1.65. The van der Waals surface area contributed by atoms with Crippen molar-refractivity contribution < 1.29 is 14.3 Å². The van der Waals surface area contributed by atoms with Gasteiger partial charge in [-0.2, -0.15) is 0 Å². The van der Waals surface area contributed by atoms with Gasteiger partial charge < -0.3 is 15.4 Å². The topological polar surface area (TPSA) is 80.3 Å². The first kappa shape index (κ1) is 20.5. The van der Waals surface area contributed by atoms with Gasteiger partial charge in [0.15, 0.2) is 0 Å². The van der Waals surface area contributed by atoms with Crippen LogP contribution in [0.25, 0.3) is 0 Å². The van der Waals surface area contributed by atoms with Gasteiger partial charge >= 0.3 is 0 Å². The van der Waals surface area contributed by atoms with Crippen LogP contribution in [0.5, 0.6) is 11.6 Å². The van der Waals surface area contributed by atoms with Crippen molar-refractivity contribution in [1.82, 2.24) is 15.6 Å². The van der Waals surface area contributed by atoms with E-state index >= 15 is 0 Å². The number of ether oxygens (including phenoxy) is 1. The van der Waals surface area contributed by atoms with Crippen LogP contribution in [-0.2, 0) is 11.3 Å². The van der Waals surface area contributed by atoms with Gasteiger partial charge in [-0.1, -0.05) is 46.3 Å².